The van der Waals surface area contributed by atoms with E-state index >= 15 is 0 Å². The first kappa shape index (κ1) is 22.6. The maximum atomic E-state index is 9.05. The summed E-state index contributed by atoms with van der Waals surface area (Å²) < 4.78 is 12.3. The molecule has 3 aromatic rings. The van der Waals surface area contributed by atoms with Crippen LogP contribution in [0, 0.1) is 18.3 Å². The number of hydrogen-bond donors (Lipinski definition) is 1. The number of aromatic nitrogens is 2. The van der Waals surface area contributed by atoms with E-state index in [4.69, 9.17) is 26.3 Å². The predicted molar refractivity (Wildman–Crippen MR) is 130 cm³/mol. The van der Waals surface area contributed by atoms with Crippen LogP contribution in [0.2, 0.25) is 5.02 Å². The van der Waals surface area contributed by atoms with E-state index in [9.17, 15) is 0 Å². The Morgan fingerprint density at radius 1 is 1.15 bits per heavy atom. The molecule has 3 heterocycles. The third-order valence-electron chi connectivity index (χ3n) is 6.50. The lowest BCUT2D eigenvalue weighted by molar-refractivity contribution is -0.104. The van der Waals surface area contributed by atoms with Crippen molar-refractivity contribution in [2.24, 2.45) is 0 Å². The molecule has 1 aromatic heterocycles. The van der Waals surface area contributed by atoms with Crippen LogP contribution in [-0.4, -0.2) is 46.3 Å². The molecule has 0 spiro atoms. The number of morpholine rings is 1. The number of fused-ring (bicyclic) bond motifs is 2. The number of anilines is 2. The van der Waals surface area contributed by atoms with Gasteiger partial charge in [0, 0.05) is 31.5 Å². The summed E-state index contributed by atoms with van der Waals surface area (Å²) in [5, 5.41) is 12.8. The number of halogens is 1. The highest BCUT2D eigenvalue weighted by molar-refractivity contribution is 6.33. The molecule has 2 bridgehead atoms. The molecule has 2 aromatic carbocycles. The van der Waals surface area contributed by atoms with Gasteiger partial charge in [0.25, 0.3) is 0 Å². The summed E-state index contributed by atoms with van der Waals surface area (Å²) in [5.74, 6) is 1.20. The first-order valence-corrected chi connectivity index (χ1v) is 11.8. The molecule has 7 nitrogen and oxygen atoms in total. The second-order valence-corrected chi connectivity index (χ2v) is 9.21. The Balaban J connectivity index is 1.28. The summed E-state index contributed by atoms with van der Waals surface area (Å²) in [6, 6.07) is 18.4. The summed E-state index contributed by atoms with van der Waals surface area (Å²) in [6.45, 7) is 4.30. The highest BCUT2D eigenvalue weighted by Crippen LogP contribution is 2.34. The summed E-state index contributed by atoms with van der Waals surface area (Å²) in [4.78, 5) is 11.3. The Morgan fingerprint density at radius 3 is 2.62 bits per heavy atom. The molecule has 5 rings (SSSR count). The number of rotatable bonds is 6. The van der Waals surface area contributed by atoms with E-state index in [0.29, 0.717) is 40.1 Å². The van der Waals surface area contributed by atoms with Crippen LogP contribution in [0.15, 0.2) is 54.9 Å². The fourth-order valence-corrected chi connectivity index (χ4v) is 4.97. The highest BCUT2D eigenvalue weighted by atomic mass is 35.5. The third-order valence-corrected chi connectivity index (χ3v) is 6.82. The van der Waals surface area contributed by atoms with E-state index in [1.807, 2.05) is 6.92 Å². The molecule has 174 valence electrons. The molecule has 0 aliphatic carbocycles. The average Bonchev–Trinajstić information content (AvgIpc) is 2.84. The van der Waals surface area contributed by atoms with E-state index < -0.39 is 0 Å². The van der Waals surface area contributed by atoms with Crippen molar-refractivity contribution in [3.8, 4) is 11.9 Å². The predicted octanol–water partition coefficient (Wildman–Crippen LogP) is 4.86. The molecule has 0 radical (unpaired) electrons. The van der Waals surface area contributed by atoms with E-state index in [-0.39, 0.29) is 6.10 Å². The van der Waals surface area contributed by atoms with Crippen LogP contribution >= 0.6 is 11.6 Å². The maximum Gasteiger partial charge on any atom is 0.221 e. The molecule has 2 aliphatic heterocycles. The third kappa shape index (κ3) is 4.85. The van der Waals surface area contributed by atoms with Crippen LogP contribution in [0.5, 0.6) is 5.88 Å². The minimum absolute atomic E-state index is 0.0610. The van der Waals surface area contributed by atoms with E-state index in [1.165, 1.54) is 11.9 Å². The van der Waals surface area contributed by atoms with Gasteiger partial charge in [-0.15, -0.1) is 0 Å². The van der Waals surface area contributed by atoms with E-state index in [1.54, 1.807) is 18.2 Å². The fourth-order valence-electron chi connectivity index (χ4n) is 4.74. The van der Waals surface area contributed by atoms with Crippen LogP contribution in [-0.2, 0) is 11.3 Å². The van der Waals surface area contributed by atoms with Crippen molar-refractivity contribution in [3.63, 3.8) is 0 Å². The average molecular weight is 476 g/mol. The van der Waals surface area contributed by atoms with Crippen LogP contribution < -0.4 is 10.1 Å². The van der Waals surface area contributed by atoms with Gasteiger partial charge in [0.2, 0.25) is 5.88 Å². The molecule has 3 atom stereocenters. The van der Waals surface area contributed by atoms with Gasteiger partial charge in [-0.2, -0.15) is 5.26 Å². The SMILES string of the molecule is Cc1c(Nc2ccc(C#N)cc2Cl)ncnc1OC1CC2COC[C@@H](C1)N2Cc1ccccc1. The number of piperidine rings is 1. The maximum absolute atomic E-state index is 9.05. The molecular weight excluding hydrogens is 450 g/mol. The first-order valence-electron chi connectivity index (χ1n) is 11.4. The van der Waals surface area contributed by atoms with Crippen molar-refractivity contribution in [1.29, 1.82) is 5.26 Å². The Labute approximate surface area is 204 Å². The molecule has 0 saturated carbocycles. The molecule has 8 heteroatoms. The Hall–Kier alpha value is -3.18. The summed E-state index contributed by atoms with van der Waals surface area (Å²) >= 11 is 6.33. The number of nitrogens with one attached hydrogen (secondary N) is 1. The first-order chi connectivity index (χ1) is 16.6. The lowest BCUT2D eigenvalue weighted by Crippen LogP contribution is -2.58. The molecule has 1 N–H and O–H groups in total. The minimum atomic E-state index is 0.0610. The van der Waals surface area contributed by atoms with Gasteiger partial charge in [0.05, 0.1) is 41.1 Å². The monoisotopic (exact) mass is 475 g/mol. The quantitative estimate of drug-likeness (QED) is 0.544. The zero-order valence-electron chi connectivity index (χ0n) is 18.9. The lowest BCUT2D eigenvalue weighted by Gasteiger charge is -2.48. The zero-order valence-corrected chi connectivity index (χ0v) is 19.7. The van der Waals surface area contributed by atoms with Crippen LogP contribution in [0.25, 0.3) is 0 Å². The van der Waals surface area contributed by atoms with Crippen molar-refractivity contribution < 1.29 is 9.47 Å². The van der Waals surface area contributed by atoms with E-state index in [2.05, 4.69) is 56.6 Å². The highest BCUT2D eigenvalue weighted by Gasteiger charge is 2.40. The van der Waals surface area contributed by atoms with Gasteiger partial charge in [-0.05, 0) is 30.7 Å². The van der Waals surface area contributed by atoms with Crippen LogP contribution in [0.3, 0.4) is 0 Å². The normalized spacial score (nSPS) is 22.1. The molecule has 2 saturated heterocycles. The topological polar surface area (TPSA) is 83.3 Å². The molecule has 2 fully saturated rings. The van der Waals surface area contributed by atoms with Crippen molar-refractivity contribution >= 4 is 23.1 Å². The summed E-state index contributed by atoms with van der Waals surface area (Å²) in [5.41, 5.74) is 3.32. The second kappa shape index (κ2) is 9.98. The molecule has 2 aliphatic rings. The van der Waals surface area contributed by atoms with E-state index in [0.717, 1.165) is 38.2 Å². The van der Waals surface area contributed by atoms with Gasteiger partial charge in [-0.1, -0.05) is 41.9 Å². The molecule has 2 unspecified atom stereocenters. The Kier molecular flexibility index (Phi) is 6.63. The largest absolute Gasteiger partial charge is 0.474 e. The standard InChI is InChI=1S/C26H26ClN5O2/c1-17-25(31-24-8-7-19(12-28)9-23(24)27)29-16-30-26(17)34-22-10-20-14-33-15-21(11-22)32(20)13-18-5-3-2-4-6-18/h2-9,16,20-22H,10-11,13-15H2,1H3,(H,29,30,31)/t20-,21?,22?/m1/s1. The second-order valence-electron chi connectivity index (χ2n) is 8.80. The van der Waals surface area contributed by atoms with Crippen molar-refractivity contribution in [3.05, 3.63) is 76.6 Å². The number of nitrogens with zero attached hydrogens (tertiary/aromatic N) is 4. The summed E-state index contributed by atoms with van der Waals surface area (Å²) in [7, 11) is 0. The number of benzene rings is 2. The zero-order chi connectivity index (χ0) is 23.5. The minimum Gasteiger partial charge on any atom is -0.474 e. The van der Waals surface area contributed by atoms with Gasteiger partial charge >= 0.3 is 0 Å². The van der Waals surface area contributed by atoms with Crippen molar-refractivity contribution in [2.75, 3.05) is 18.5 Å². The summed E-state index contributed by atoms with van der Waals surface area (Å²) in [6.07, 6.45) is 3.33. The molecular formula is C26H26ClN5O2. The molecule has 0 amide bonds. The van der Waals surface area contributed by atoms with Crippen LogP contribution in [0.1, 0.15) is 29.5 Å². The van der Waals surface area contributed by atoms with Gasteiger partial charge in [0.1, 0.15) is 18.2 Å². The molecule has 34 heavy (non-hydrogen) atoms. The lowest BCUT2D eigenvalue weighted by atomic mass is 9.91. The van der Waals surface area contributed by atoms with Crippen molar-refractivity contribution in [2.45, 2.75) is 44.5 Å². The van der Waals surface area contributed by atoms with Crippen molar-refractivity contribution in [1.82, 2.24) is 14.9 Å². The van der Waals surface area contributed by atoms with Gasteiger partial charge in [0.15, 0.2) is 0 Å². The number of hydrogen-bond acceptors (Lipinski definition) is 7. The Morgan fingerprint density at radius 2 is 1.91 bits per heavy atom. The Bertz CT molecular complexity index is 1190. The number of ether oxygens (including phenoxy) is 2. The van der Waals surface area contributed by atoms with Gasteiger partial charge < -0.3 is 14.8 Å². The smallest absolute Gasteiger partial charge is 0.221 e. The van der Waals surface area contributed by atoms with Gasteiger partial charge in [-0.25, -0.2) is 9.97 Å². The number of nitriles is 1. The fraction of sp³-hybridized carbons (Fsp3) is 0.346. The van der Waals surface area contributed by atoms with Crippen LogP contribution in [0.4, 0.5) is 11.5 Å². The van der Waals surface area contributed by atoms with Gasteiger partial charge in [-0.3, -0.25) is 4.90 Å².